The van der Waals surface area contributed by atoms with Crippen LogP contribution in [0.4, 0.5) is 0 Å². The fourth-order valence-corrected chi connectivity index (χ4v) is 2.42. The van der Waals surface area contributed by atoms with Crippen molar-refractivity contribution in [3.63, 3.8) is 0 Å². The molecule has 1 fully saturated rings. The van der Waals surface area contributed by atoms with Gasteiger partial charge in [0.1, 0.15) is 0 Å². The number of benzene rings is 1. The number of nitrogens with zero attached hydrogens (tertiary/aromatic N) is 2. The zero-order valence-electron chi connectivity index (χ0n) is 10.4. The number of nitrogens with two attached hydrogens (primary N) is 1. The molecule has 0 amide bonds. The zero-order valence-corrected chi connectivity index (χ0v) is 11.1. The summed E-state index contributed by atoms with van der Waals surface area (Å²) >= 11 is 5.90. The van der Waals surface area contributed by atoms with E-state index in [0.717, 1.165) is 34.9 Å². The second kappa shape index (κ2) is 4.11. The average Bonchev–Trinajstić information content (AvgIpc) is 3.08. The van der Waals surface area contributed by atoms with Gasteiger partial charge in [0.15, 0.2) is 0 Å². The lowest BCUT2D eigenvalue weighted by molar-refractivity contribution is 0.660. The highest BCUT2D eigenvalue weighted by molar-refractivity contribution is 6.30. The maximum atomic E-state index is 5.90. The predicted octanol–water partition coefficient (Wildman–Crippen LogP) is 2.82. The van der Waals surface area contributed by atoms with Crippen molar-refractivity contribution < 1.29 is 0 Å². The number of rotatable bonds is 3. The molecule has 3 rings (SSSR count). The summed E-state index contributed by atoms with van der Waals surface area (Å²) in [6.07, 6.45) is 2.31. The maximum absolute atomic E-state index is 5.90. The quantitative estimate of drug-likeness (QED) is 0.923. The minimum atomic E-state index is 0.141. The molecule has 1 aliphatic carbocycles. The summed E-state index contributed by atoms with van der Waals surface area (Å²) in [5, 5.41) is 5.45. The van der Waals surface area contributed by atoms with E-state index in [4.69, 9.17) is 22.4 Å². The molecule has 4 heteroatoms. The molecule has 94 valence electrons. The molecule has 0 radical (unpaired) electrons. The lowest BCUT2D eigenvalue weighted by Crippen LogP contribution is -2.20. The van der Waals surface area contributed by atoms with E-state index >= 15 is 0 Å². The number of hydrogen-bond donors (Lipinski definition) is 1. The van der Waals surface area contributed by atoms with Crippen molar-refractivity contribution in [1.82, 2.24) is 9.78 Å². The third-order valence-electron chi connectivity index (χ3n) is 3.75. The predicted molar refractivity (Wildman–Crippen MR) is 73.3 cm³/mol. The molecule has 1 saturated carbocycles. The lowest BCUT2D eigenvalue weighted by atomic mass is 10.0. The normalized spacial score (nSPS) is 16.8. The smallest absolute Gasteiger partial charge is 0.0706 e. The van der Waals surface area contributed by atoms with Gasteiger partial charge in [-0.25, -0.2) is 4.68 Å². The topological polar surface area (TPSA) is 43.8 Å². The highest BCUT2D eigenvalue weighted by Crippen LogP contribution is 2.46. The Balaban J connectivity index is 2.00. The van der Waals surface area contributed by atoms with E-state index in [1.807, 2.05) is 28.9 Å². The Morgan fingerprint density at radius 2 is 2.00 bits per heavy atom. The van der Waals surface area contributed by atoms with Crippen molar-refractivity contribution in [3.8, 4) is 5.69 Å². The molecule has 0 spiro atoms. The first-order valence-corrected chi connectivity index (χ1v) is 6.56. The molecule has 1 heterocycles. The van der Waals surface area contributed by atoms with Gasteiger partial charge in [-0.3, -0.25) is 0 Å². The Bertz CT molecular complexity index is 567. The molecule has 1 aromatic heterocycles. The second-order valence-corrected chi connectivity index (χ2v) is 5.48. The fourth-order valence-electron chi connectivity index (χ4n) is 2.29. The summed E-state index contributed by atoms with van der Waals surface area (Å²) in [6.45, 7) is 2.75. The molecule has 18 heavy (non-hydrogen) atoms. The van der Waals surface area contributed by atoms with Gasteiger partial charge in [-0.2, -0.15) is 5.10 Å². The van der Waals surface area contributed by atoms with Gasteiger partial charge < -0.3 is 5.73 Å². The standard InChI is InChI=1S/C14H16ClN3/c1-10-8-13(14(9-16)6-7-14)17-18(10)12-4-2-11(15)3-5-12/h2-5,8H,6-7,9,16H2,1H3. The molecule has 0 bridgehead atoms. The van der Waals surface area contributed by atoms with Crippen LogP contribution in [0.1, 0.15) is 24.2 Å². The van der Waals surface area contributed by atoms with Crippen LogP contribution in [-0.2, 0) is 5.41 Å². The first kappa shape index (κ1) is 11.8. The van der Waals surface area contributed by atoms with Gasteiger partial charge in [0, 0.05) is 22.7 Å². The maximum Gasteiger partial charge on any atom is 0.0706 e. The first-order chi connectivity index (χ1) is 8.64. The SMILES string of the molecule is Cc1cc(C2(CN)CC2)nn1-c1ccc(Cl)cc1. The minimum Gasteiger partial charge on any atom is -0.330 e. The molecule has 2 aromatic rings. The van der Waals surface area contributed by atoms with Gasteiger partial charge >= 0.3 is 0 Å². The van der Waals surface area contributed by atoms with Crippen molar-refractivity contribution in [2.75, 3.05) is 6.54 Å². The zero-order chi connectivity index (χ0) is 12.8. The lowest BCUT2D eigenvalue weighted by Gasteiger charge is -2.08. The summed E-state index contributed by atoms with van der Waals surface area (Å²) in [6, 6.07) is 9.87. The monoisotopic (exact) mass is 261 g/mol. The van der Waals surface area contributed by atoms with Crippen LogP contribution in [0.3, 0.4) is 0 Å². The molecule has 0 aliphatic heterocycles. The van der Waals surface area contributed by atoms with E-state index in [9.17, 15) is 0 Å². The Hall–Kier alpha value is -1.32. The van der Waals surface area contributed by atoms with Crippen LogP contribution < -0.4 is 5.73 Å². The van der Waals surface area contributed by atoms with E-state index in [1.54, 1.807) is 0 Å². The molecular formula is C14H16ClN3. The number of hydrogen-bond acceptors (Lipinski definition) is 2. The van der Waals surface area contributed by atoms with Crippen LogP contribution in [0, 0.1) is 6.92 Å². The summed E-state index contributed by atoms with van der Waals surface area (Å²) in [4.78, 5) is 0. The molecule has 3 nitrogen and oxygen atoms in total. The van der Waals surface area contributed by atoms with Gasteiger partial charge in [0.05, 0.1) is 11.4 Å². The molecule has 0 atom stereocenters. The number of halogens is 1. The first-order valence-electron chi connectivity index (χ1n) is 6.18. The van der Waals surface area contributed by atoms with Crippen molar-refractivity contribution >= 4 is 11.6 Å². The number of aryl methyl sites for hydroxylation is 1. The Morgan fingerprint density at radius 3 is 2.56 bits per heavy atom. The van der Waals surface area contributed by atoms with Crippen LogP contribution in [0.25, 0.3) is 5.69 Å². The molecule has 2 N–H and O–H groups in total. The third-order valence-corrected chi connectivity index (χ3v) is 4.00. The highest BCUT2D eigenvalue weighted by atomic mass is 35.5. The van der Waals surface area contributed by atoms with E-state index in [2.05, 4.69) is 13.0 Å². The largest absolute Gasteiger partial charge is 0.330 e. The summed E-state index contributed by atoms with van der Waals surface area (Å²) < 4.78 is 1.96. The minimum absolute atomic E-state index is 0.141. The molecule has 0 saturated heterocycles. The molecule has 0 unspecified atom stereocenters. The molecular weight excluding hydrogens is 246 g/mol. The number of aromatic nitrogens is 2. The second-order valence-electron chi connectivity index (χ2n) is 5.04. The van der Waals surface area contributed by atoms with E-state index in [0.29, 0.717) is 6.54 Å². The Morgan fingerprint density at radius 1 is 1.33 bits per heavy atom. The van der Waals surface area contributed by atoms with Gasteiger partial charge in [-0.1, -0.05) is 11.6 Å². The van der Waals surface area contributed by atoms with Crippen molar-refractivity contribution in [2.45, 2.75) is 25.2 Å². The van der Waals surface area contributed by atoms with Crippen LogP contribution in [0.2, 0.25) is 5.02 Å². The van der Waals surface area contributed by atoms with Crippen LogP contribution >= 0.6 is 11.6 Å². The Labute approximate surface area is 112 Å². The van der Waals surface area contributed by atoms with E-state index in [-0.39, 0.29) is 5.41 Å². The molecule has 1 aliphatic rings. The van der Waals surface area contributed by atoms with Crippen molar-refractivity contribution in [1.29, 1.82) is 0 Å². The summed E-state index contributed by atoms with van der Waals surface area (Å²) in [5.41, 5.74) is 9.29. The van der Waals surface area contributed by atoms with Gasteiger partial charge in [0.2, 0.25) is 0 Å². The average molecular weight is 262 g/mol. The molecule has 1 aromatic carbocycles. The van der Waals surface area contributed by atoms with Crippen molar-refractivity contribution in [3.05, 3.63) is 46.7 Å². The van der Waals surface area contributed by atoms with Gasteiger partial charge in [0.25, 0.3) is 0 Å². The van der Waals surface area contributed by atoms with Crippen LogP contribution in [0.15, 0.2) is 30.3 Å². The Kier molecular flexibility index (Phi) is 2.68. The van der Waals surface area contributed by atoms with Crippen LogP contribution in [-0.4, -0.2) is 16.3 Å². The van der Waals surface area contributed by atoms with Gasteiger partial charge in [-0.05, 0) is 50.1 Å². The van der Waals surface area contributed by atoms with E-state index < -0.39 is 0 Å². The van der Waals surface area contributed by atoms with E-state index in [1.165, 1.54) is 0 Å². The van der Waals surface area contributed by atoms with Gasteiger partial charge in [-0.15, -0.1) is 0 Å². The summed E-state index contributed by atoms with van der Waals surface area (Å²) in [7, 11) is 0. The summed E-state index contributed by atoms with van der Waals surface area (Å²) in [5.74, 6) is 0. The third kappa shape index (κ3) is 1.84. The fraction of sp³-hybridized carbons (Fsp3) is 0.357. The van der Waals surface area contributed by atoms with Crippen LogP contribution in [0.5, 0.6) is 0 Å². The van der Waals surface area contributed by atoms with Crippen molar-refractivity contribution in [2.24, 2.45) is 5.73 Å². The highest BCUT2D eigenvalue weighted by Gasteiger charge is 2.45.